The van der Waals surface area contributed by atoms with Gasteiger partial charge in [0.25, 0.3) is 0 Å². The molecule has 86 valence electrons. The number of rotatable bonds is 9. The number of likely N-dealkylation sites (N-methyl/N-ethyl adjacent to an activating group) is 1. The number of nitrogens with one attached hydrogen (secondary N) is 1. The fourth-order valence-corrected chi connectivity index (χ4v) is 1.60. The molecule has 0 fully saturated rings. The third kappa shape index (κ3) is 7.30. The minimum atomic E-state index is 0.463. The van der Waals surface area contributed by atoms with Crippen LogP contribution in [0, 0.1) is 5.92 Å². The maximum atomic E-state index is 5.42. The molecule has 2 unspecified atom stereocenters. The quantitative estimate of drug-likeness (QED) is 0.618. The summed E-state index contributed by atoms with van der Waals surface area (Å²) in [5.74, 6) is 0.588. The van der Waals surface area contributed by atoms with Gasteiger partial charge in [0, 0.05) is 26.4 Å². The van der Waals surface area contributed by atoms with Crippen molar-refractivity contribution in [1.82, 2.24) is 5.32 Å². The van der Waals surface area contributed by atoms with E-state index in [1.54, 1.807) is 7.11 Å². The molecular formula is C11H25NO2. The molecule has 14 heavy (non-hydrogen) atoms. The van der Waals surface area contributed by atoms with Gasteiger partial charge >= 0.3 is 0 Å². The normalized spacial score (nSPS) is 15.4. The third-order valence-corrected chi connectivity index (χ3v) is 2.15. The molecule has 0 aromatic carbocycles. The summed E-state index contributed by atoms with van der Waals surface area (Å²) in [6.07, 6.45) is 1.11. The molecule has 0 aromatic rings. The molecule has 0 spiro atoms. The van der Waals surface area contributed by atoms with E-state index in [0.29, 0.717) is 12.0 Å². The topological polar surface area (TPSA) is 30.5 Å². The van der Waals surface area contributed by atoms with Gasteiger partial charge in [-0.05, 0) is 25.8 Å². The monoisotopic (exact) mass is 203 g/mol. The van der Waals surface area contributed by atoms with Crippen molar-refractivity contribution < 1.29 is 9.47 Å². The molecule has 1 N–H and O–H groups in total. The van der Waals surface area contributed by atoms with Crippen LogP contribution in [-0.2, 0) is 9.47 Å². The first-order valence-corrected chi connectivity index (χ1v) is 5.54. The minimum absolute atomic E-state index is 0.463. The van der Waals surface area contributed by atoms with E-state index in [2.05, 4.69) is 19.2 Å². The summed E-state index contributed by atoms with van der Waals surface area (Å²) in [6.45, 7) is 9.78. The first kappa shape index (κ1) is 13.9. The second kappa shape index (κ2) is 9.44. The third-order valence-electron chi connectivity index (χ3n) is 2.15. The summed E-state index contributed by atoms with van der Waals surface area (Å²) in [6, 6.07) is 0.463. The molecular weight excluding hydrogens is 178 g/mol. The highest BCUT2D eigenvalue weighted by Crippen LogP contribution is 2.06. The van der Waals surface area contributed by atoms with E-state index in [9.17, 15) is 0 Å². The highest BCUT2D eigenvalue weighted by Gasteiger charge is 2.11. The Morgan fingerprint density at radius 3 is 2.43 bits per heavy atom. The van der Waals surface area contributed by atoms with Crippen molar-refractivity contribution in [2.75, 3.05) is 33.5 Å². The Bertz CT molecular complexity index is 120. The molecule has 0 saturated heterocycles. The standard InChI is InChI=1S/C11H25NO2/c1-5-12-11(9-14-6-2)7-10(3)8-13-4/h10-12H,5-9H2,1-4H3. The molecule has 0 rings (SSSR count). The Labute approximate surface area is 88.2 Å². The lowest BCUT2D eigenvalue weighted by Crippen LogP contribution is -2.35. The van der Waals surface area contributed by atoms with Gasteiger partial charge < -0.3 is 14.8 Å². The molecule has 0 aliphatic carbocycles. The van der Waals surface area contributed by atoms with Crippen molar-refractivity contribution in [2.24, 2.45) is 5.92 Å². The molecule has 3 nitrogen and oxygen atoms in total. The molecule has 3 heteroatoms. The van der Waals surface area contributed by atoms with Crippen molar-refractivity contribution in [3.8, 4) is 0 Å². The zero-order valence-corrected chi connectivity index (χ0v) is 10.0. The van der Waals surface area contributed by atoms with Gasteiger partial charge in [0.1, 0.15) is 0 Å². The van der Waals surface area contributed by atoms with Crippen molar-refractivity contribution in [1.29, 1.82) is 0 Å². The van der Waals surface area contributed by atoms with E-state index in [4.69, 9.17) is 9.47 Å². The number of methoxy groups -OCH3 is 1. The summed E-state index contributed by atoms with van der Waals surface area (Å²) in [5.41, 5.74) is 0. The van der Waals surface area contributed by atoms with Crippen LogP contribution >= 0.6 is 0 Å². The Balaban J connectivity index is 3.69. The highest BCUT2D eigenvalue weighted by molar-refractivity contribution is 4.68. The summed E-state index contributed by atoms with van der Waals surface area (Å²) >= 11 is 0. The van der Waals surface area contributed by atoms with Crippen molar-refractivity contribution in [2.45, 2.75) is 33.2 Å². The number of hydrogen-bond acceptors (Lipinski definition) is 3. The van der Waals surface area contributed by atoms with Gasteiger partial charge in [-0.25, -0.2) is 0 Å². The Morgan fingerprint density at radius 1 is 1.21 bits per heavy atom. The van der Waals surface area contributed by atoms with E-state index < -0.39 is 0 Å². The van der Waals surface area contributed by atoms with E-state index in [-0.39, 0.29) is 0 Å². The molecule has 0 heterocycles. The smallest absolute Gasteiger partial charge is 0.0619 e. The molecule has 0 radical (unpaired) electrons. The second-order valence-electron chi connectivity index (χ2n) is 3.71. The number of ether oxygens (including phenoxy) is 2. The van der Waals surface area contributed by atoms with Gasteiger partial charge in [-0.1, -0.05) is 13.8 Å². The van der Waals surface area contributed by atoms with Gasteiger partial charge in [-0.3, -0.25) is 0 Å². The highest BCUT2D eigenvalue weighted by atomic mass is 16.5. The zero-order valence-electron chi connectivity index (χ0n) is 10.0. The number of hydrogen-bond donors (Lipinski definition) is 1. The van der Waals surface area contributed by atoms with E-state index in [1.165, 1.54) is 0 Å². The maximum Gasteiger partial charge on any atom is 0.0619 e. The lowest BCUT2D eigenvalue weighted by molar-refractivity contribution is 0.101. The van der Waals surface area contributed by atoms with Crippen molar-refractivity contribution in [3.63, 3.8) is 0 Å². The van der Waals surface area contributed by atoms with Gasteiger partial charge in [-0.2, -0.15) is 0 Å². The first-order valence-electron chi connectivity index (χ1n) is 5.54. The van der Waals surface area contributed by atoms with Crippen LogP contribution < -0.4 is 5.32 Å². The van der Waals surface area contributed by atoms with E-state index >= 15 is 0 Å². The maximum absolute atomic E-state index is 5.42. The molecule has 0 bridgehead atoms. The predicted molar refractivity (Wildman–Crippen MR) is 59.6 cm³/mol. The second-order valence-corrected chi connectivity index (χ2v) is 3.71. The largest absolute Gasteiger partial charge is 0.384 e. The van der Waals surface area contributed by atoms with Crippen LogP contribution in [0.3, 0.4) is 0 Å². The van der Waals surface area contributed by atoms with Crippen LogP contribution in [0.5, 0.6) is 0 Å². The van der Waals surface area contributed by atoms with Crippen LogP contribution in [0.1, 0.15) is 27.2 Å². The van der Waals surface area contributed by atoms with Gasteiger partial charge in [0.2, 0.25) is 0 Å². The molecule has 0 aliphatic heterocycles. The van der Waals surface area contributed by atoms with Crippen LogP contribution in [0.4, 0.5) is 0 Å². The average molecular weight is 203 g/mol. The Hall–Kier alpha value is -0.120. The SMILES string of the molecule is CCNC(COCC)CC(C)COC. The molecule has 0 saturated carbocycles. The van der Waals surface area contributed by atoms with Crippen LogP contribution in [0.25, 0.3) is 0 Å². The zero-order chi connectivity index (χ0) is 10.8. The fraction of sp³-hybridized carbons (Fsp3) is 1.00. The lowest BCUT2D eigenvalue weighted by atomic mass is 10.0. The molecule has 0 aliphatic rings. The van der Waals surface area contributed by atoms with E-state index in [1.807, 2.05) is 6.92 Å². The van der Waals surface area contributed by atoms with Crippen molar-refractivity contribution in [3.05, 3.63) is 0 Å². The van der Waals surface area contributed by atoms with Gasteiger partial charge in [0.15, 0.2) is 0 Å². The molecule has 0 amide bonds. The average Bonchev–Trinajstić information content (AvgIpc) is 2.15. The van der Waals surface area contributed by atoms with Gasteiger partial charge in [0.05, 0.1) is 6.61 Å². The van der Waals surface area contributed by atoms with Crippen LogP contribution in [0.2, 0.25) is 0 Å². The summed E-state index contributed by atoms with van der Waals surface area (Å²) < 4.78 is 10.5. The fourth-order valence-electron chi connectivity index (χ4n) is 1.60. The lowest BCUT2D eigenvalue weighted by Gasteiger charge is -2.21. The summed E-state index contributed by atoms with van der Waals surface area (Å²) in [7, 11) is 1.75. The predicted octanol–water partition coefficient (Wildman–Crippen LogP) is 1.67. The first-order chi connectivity index (χ1) is 6.74. The summed E-state index contributed by atoms with van der Waals surface area (Å²) in [5, 5.41) is 3.43. The van der Waals surface area contributed by atoms with E-state index in [0.717, 1.165) is 32.8 Å². The van der Waals surface area contributed by atoms with Crippen LogP contribution in [-0.4, -0.2) is 39.5 Å². The Kier molecular flexibility index (Phi) is 9.35. The Morgan fingerprint density at radius 2 is 1.93 bits per heavy atom. The summed E-state index contributed by atoms with van der Waals surface area (Å²) in [4.78, 5) is 0. The van der Waals surface area contributed by atoms with Crippen LogP contribution in [0.15, 0.2) is 0 Å². The van der Waals surface area contributed by atoms with Crippen molar-refractivity contribution >= 4 is 0 Å². The van der Waals surface area contributed by atoms with Gasteiger partial charge in [-0.15, -0.1) is 0 Å². The minimum Gasteiger partial charge on any atom is -0.384 e. The molecule has 2 atom stereocenters. The molecule has 0 aromatic heterocycles.